The Kier molecular flexibility index (Phi) is 3.94. The second-order valence-electron chi connectivity index (χ2n) is 4.45. The third-order valence-electron chi connectivity index (χ3n) is 3.02. The van der Waals surface area contributed by atoms with Crippen molar-refractivity contribution in [1.82, 2.24) is 0 Å². The van der Waals surface area contributed by atoms with Gasteiger partial charge in [-0.3, -0.25) is 0 Å². The van der Waals surface area contributed by atoms with Crippen LogP contribution in [0.1, 0.15) is 37.7 Å². The lowest BCUT2D eigenvalue weighted by Gasteiger charge is -2.12. The SMILES string of the molecule is Cc1ccc(S(=O)C=C2CCCCC2)cc1. The van der Waals surface area contributed by atoms with Crippen molar-refractivity contribution in [1.29, 1.82) is 0 Å². The van der Waals surface area contributed by atoms with Crippen LogP contribution in [0.4, 0.5) is 0 Å². The van der Waals surface area contributed by atoms with E-state index in [1.807, 2.05) is 36.6 Å². The number of allylic oxidation sites excluding steroid dienone is 1. The molecule has 1 saturated carbocycles. The van der Waals surface area contributed by atoms with Crippen LogP contribution in [0.3, 0.4) is 0 Å². The summed E-state index contributed by atoms with van der Waals surface area (Å²) in [6, 6.07) is 7.97. The molecule has 0 aromatic heterocycles. The van der Waals surface area contributed by atoms with E-state index in [1.54, 1.807) is 0 Å². The average Bonchev–Trinajstić information content (AvgIpc) is 2.31. The van der Waals surface area contributed by atoms with Crippen LogP contribution < -0.4 is 0 Å². The molecule has 0 N–H and O–H groups in total. The minimum atomic E-state index is -0.951. The van der Waals surface area contributed by atoms with E-state index in [9.17, 15) is 4.21 Å². The highest BCUT2D eigenvalue weighted by Gasteiger charge is 2.07. The van der Waals surface area contributed by atoms with Crippen molar-refractivity contribution >= 4 is 10.8 Å². The van der Waals surface area contributed by atoms with Gasteiger partial charge < -0.3 is 0 Å². The van der Waals surface area contributed by atoms with E-state index >= 15 is 0 Å². The molecule has 0 spiro atoms. The lowest BCUT2D eigenvalue weighted by Crippen LogP contribution is -1.96. The normalized spacial score (nSPS) is 18.2. The molecule has 1 atom stereocenters. The van der Waals surface area contributed by atoms with Gasteiger partial charge in [0.05, 0.1) is 10.8 Å². The summed E-state index contributed by atoms with van der Waals surface area (Å²) < 4.78 is 12.1. The topological polar surface area (TPSA) is 17.1 Å². The highest BCUT2D eigenvalue weighted by atomic mass is 32.2. The third-order valence-corrected chi connectivity index (χ3v) is 4.31. The molecule has 1 aromatic carbocycles. The van der Waals surface area contributed by atoms with Gasteiger partial charge in [-0.2, -0.15) is 0 Å². The van der Waals surface area contributed by atoms with Gasteiger partial charge >= 0.3 is 0 Å². The van der Waals surface area contributed by atoms with Crippen molar-refractivity contribution in [2.75, 3.05) is 0 Å². The molecule has 2 heteroatoms. The maximum absolute atomic E-state index is 12.1. The monoisotopic (exact) mass is 234 g/mol. The van der Waals surface area contributed by atoms with Gasteiger partial charge in [0, 0.05) is 10.3 Å². The molecule has 0 amide bonds. The number of benzene rings is 1. The molecule has 1 aliphatic rings. The molecule has 1 unspecified atom stereocenters. The number of hydrogen-bond donors (Lipinski definition) is 0. The fourth-order valence-corrected chi connectivity index (χ4v) is 3.09. The Morgan fingerprint density at radius 1 is 1.06 bits per heavy atom. The third kappa shape index (κ3) is 3.05. The summed E-state index contributed by atoms with van der Waals surface area (Å²) >= 11 is 0. The number of rotatable bonds is 2. The first-order valence-corrected chi connectivity index (χ1v) is 7.14. The van der Waals surface area contributed by atoms with Gasteiger partial charge in [0.15, 0.2) is 0 Å². The maximum Gasteiger partial charge on any atom is 0.0775 e. The van der Waals surface area contributed by atoms with E-state index in [4.69, 9.17) is 0 Å². The second kappa shape index (κ2) is 5.44. The smallest absolute Gasteiger partial charge is 0.0775 e. The molecule has 1 aliphatic carbocycles. The van der Waals surface area contributed by atoms with Crippen molar-refractivity contribution in [2.45, 2.75) is 43.9 Å². The lowest BCUT2D eigenvalue weighted by atomic mass is 9.96. The first-order chi connectivity index (χ1) is 7.75. The molecule has 1 aromatic rings. The van der Waals surface area contributed by atoms with Crippen LogP contribution in [0.15, 0.2) is 40.1 Å². The molecule has 86 valence electrons. The Balaban J connectivity index is 2.09. The number of hydrogen-bond acceptors (Lipinski definition) is 1. The minimum absolute atomic E-state index is 0.920. The summed E-state index contributed by atoms with van der Waals surface area (Å²) in [5.41, 5.74) is 2.59. The molecular formula is C14H18OS. The quantitative estimate of drug-likeness (QED) is 0.757. The highest BCUT2D eigenvalue weighted by molar-refractivity contribution is 7.88. The van der Waals surface area contributed by atoms with E-state index in [-0.39, 0.29) is 0 Å². The summed E-state index contributed by atoms with van der Waals surface area (Å²) in [6.07, 6.45) is 6.12. The van der Waals surface area contributed by atoms with E-state index in [0.717, 1.165) is 17.7 Å². The summed E-state index contributed by atoms with van der Waals surface area (Å²) in [6.45, 7) is 2.05. The van der Waals surface area contributed by atoms with E-state index in [1.165, 1.54) is 30.4 Å². The van der Waals surface area contributed by atoms with Gasteiger partial charge in [-0.25, -0.2) is 4.21 Å². The fraction of sp³-hybridized carbons (Fsp3) is 0.429. The molecular weight excluding hydrogens is 216 g/mol. The van der Waals surface area contributed by atoms with Gasteiger partial charge in [0.25, 0.3) is 0 Å². The van der Waals surface area contributed by atoms with Crippen molar-refractivity contribution < 1.29 is 4.21 Å². The first-order valence-electron chi connectivity index (χ1n) is 5.92. The molecule has 0 radical (unpaired) electrons. The molecule has 0 aliphatic heterocycles. The summed E-state index contributed by atoms with van der Waals surface area (Å²) in [5.74, 6) is 0. The van der Waals surface area contributed by atoms with Crippen LogP contribution in [-0.2, 0) is 10.8 Å². The summed E-state index contributed by atoms with van der Waals surface area (Å²) in [7, 11) is -0.951. The Morgan fingerprint density at radius 2 is 1.69 bits per heavy atom. The van der Waals surface area contributed by atoms with Crippen LogP contribution >= 0.6 is 0 Å². The fourth-order valence-electron chi connectivity index (χ4n) is 2.02. The molecule has 0 bridgehead atoms. The predicted octanol–water partition coefficient (Wildman–Crippen LogP) is 3.95. The van der Waals surface area contributed by atoms with E-state index in [0.29, 0.717) is 0 Å². The Hall–Kier alpha value is -0.890. The van der Waals surface area contributed by atoms with Crippen LogP contribution in [-0.4, -0.2) is 4.21 Å². The van der Waals surface area contributed by atoms with Crippen molar-refractivity contribution in [3.05, 3.63) is 40.8 Å². The van der Waals surface area contributed by atoms with Gasteiger partial charge in [0.1, 0.15) is 0 Å². The van der Waals surface area contributed by atoms with Crippen LogP contribution in [0.2, 0.25) is 0 Å². The Morgan fingerprint density at radius 3 is 2.31 bits per heavy atom. The Labute approximate surface area is 100 Å². The van der Waals surface area contributed by atoms with Gasteiger partial charge in [-0.1, -0.05) is 29.7 Å². The molecule has 0 heterocycles. The zero-order chi connectivity index (χ0) is 11.4. The van der Waals surface area contributed by atoms with Crippen LogP contribution in [0.25, 0.3) is 0 Å². The summed E-state index contributed by atoms with van der Waals surface area (Å²) in [4.78, 5) is 0.920. The molecule has 2 rings (SSSR count). The molecule has 1 nitrogen and oxygen atoms in total. The van der Waals surface area contributed by atoms with Crippen LogP contribution in [0.5, 0.6) is 0 Å². The van der Waals surface area contributed by atoms with Crippen molar-refractivity contribution in [3.63, 3.8) is 0 Å². The molecule has 1 fully saturated rings. The van der Waals surface area contributed by atoms with Gasteiger partial charge in [0.2, 0.25) is 0 Å². The van der Waals surface area contributed by atoms with Crippen molar-refractivity contribution in [3.8, 4) is 0 Å². The van der Waals surface area contributed by atoms with Crippen LogP contribution in [0, 0.1) is 6.92 Å². The predicted molar refractivity (Wildman–Crippen MR) is 68.8 cm³/mol. The maximum atomic E-state index is 12.1. The van der Waals surface area contributed by atoms with Gasteiger partial charge in [-0.15, -0.1) is 0 Å². The zero-order valence-corrected chi connectivity index (χ0v) is 10.6. The van der Waals surface area contributed by atoms with E-state index < -0.39 is 10.8 Å². The van der Waals surface area contributed by atoms with Crippen molar-refractivity contribution in [2.24, 2.45) is 0 Å². The lowest BCUT2D eigenvalue weighted by molar-refractivity contribution is 0.599. The largest absolute Gasteiger partial charge is 0.250 e. The first kappa shape index (κ1) is 11.6. The highest BCUT2D eigenvalue weighted by Crippen LogP contribution is 2.24. The second-order valence-corrected chi connectivity index (χ2v) is 5.75. The molecule has 0 saturated heterocycles. The summed E-state index contributed by atoms with van der Waals surface area (Å²) in [5, 5.41) is 1.96. The van der Waals surface area contributed by atoms with E-state index in [2.05, 4.69) is 0 Å². The van der Waals surface area contributed by atoms with Gasteiger partial charge in [-0.05, 0) is 44.7 Å². The zero-order valence-electron chi connectivity index (χ0n) is 9.74. The average molecular weight is 234 g/mol. The number of aryl methyl sites for hydroxylation is 1. The minimum Gasteiger partial charge on any atom is -0.250 e. The molecule has 16 heavy (non-hydrogen) atoms. The standard InChI is InChI=1S/C14H18OS/c1-12-7-9-14(10-8-12)16(15)11-13-5-3-2-4-6-13/h7-11H,2-6H2,1H3. The Bertz CT molecular complexity index is 395.